The Kier molecular flexibility index (Phi) is 4.67. The van der Waals surface area contributed by atoms with Crippen molar-refractivity contribution in [2.24, 2.45) is 5.41 Å². The van der Waals surface area contributed by atoms with Gasteiger partial charge in [-0.05, 0) is 72.1 Å². The molecular formula is C19H32N2O3. The van der Waals surface area contributed by atoms with Gasteiger partial charge in [-0.25, -0.2) is 0 Å². The van der Waals surface area contributed by atoms with Crippen LogP contribution >= 0.6 is 0 Å². The average Bonchev–Trinajstić information content (AvgIpc) is 3.07. The van der Waals surface area contributed by atoms with E-state index in [1.54, 1.807) is 0 Å². The zero-order chi connectivity index (χ0) is 17.4. The van der Waals surface area contributed by atoms with Gasteiger partial charge in [0.15, 0.2) is 0 Å². The van der Waals surface area contributed by atoms with Crippen molar-refractivity contribution in [2.75, 3.05) is 19.6 Å². The van der Waals surface area contributed by atoms with E-state index in [0.717, 1.165) is 64.5 Å². The van der Waals surface area contributed by atoms with Gasteiger partial charge in [0.1, 0.15) is 5.60 Å². The van der Waals surface area contributed by atoms with Crippen molar-refractivity contribution in [3.05, 3.63) is 0 Å². The van der Waals surface area contributed by atoms with E-state index in [2.05, 4.69) is 5.32 Å². The molecule has 1 N–H and O–H groups in total. The zero-order valence-corrected chi connectivity index (χ0v) is 15.5. The topological polar surface area (TPSA) is 58.6 Å². The van der Waals surface area contributed by atoms with E-state index in [0.29, 0.717) is 6.54 Å². The van der Waals surface area contributed by atoms with Crippen LogP contribution in [-0.4, -0.2) is 47.6 Å². The lowest BCUT2D eigenvalue weighted by Crippen LogP contribution is -2.59. The zero-order valence-electron chi connectivity index (χ0n) is 15.5. The van der Waals surface area contributed by atoms with Crippen LogP contribution in [0, 0.1) is 5.41 Å². The molecule has 4 aliphatic rings. The molecule has 136 valence electrons. The molecule has 0 unspecified atom stereocenters. The number of carbonyl (C=O) groups is 2. The molecule has 0 atom stereocenters. The van der Waals surface area contributed by atoms with Crippen molar-refractivity contribution in [1.82, 2.24) is 10.2 Å². The first-order valence-electron chi connectivity index (χ1n) is 9.50. The number of ether oxygens (including phenoxy) is 1. The summed E-state index contributed by atoms with van der Waals surface area (Å²) in [6.07, 6.45) is 7.83. The smallest absolute Gasteiger partial charge is 0.312 e. The molecule has 5 nitrogen and oxygen atoms in total. The Morgan fingerprint density at radius 3 is 2.04 bits per heavy atom. The summed E-state index contributed by atoms with van der Waals surface area (Å²) in [6, 6.07) is 0. The summed E-state index contributed by atoms with van der Waals surface area (Å²) in [4.78, 5) is 26.9. The number of nitrogens with zero attached hydrogens (tertiary/aromatic N) is 1. The largest absolute Gasteiger partial charge is 0.460 e. The molecule has 0 spiro atoms. The molecule has 2 bridgehead atoms. The van der Waals surface area contributed by atoms with Gasteiger partial charge in [0, 0.05) is 18.6 Å². The maximum atomic E-state index is 12.6. The molecule has 5 heteroatoms. The van der Waals surface area contributed by atoms with Gasteiger partial charge in [0.05, 0.1) is 12.0 Å². The number of nitrogens with one attached hydrogen (secondary N) is 1. The maximum Gasteiger partial charge on any atom is 0.312 e. The molecule has 0 aromatic heterocycles. The Hall–Kier alpha value is -1.10. The Bertz CT molecular complexity index is 479. The maximum absolute atomic E-state index is 12.6. The first-order valence-corrected chi connectivity index (χ1v) is 9.50. The van der Waals surface area contributed by atoms with Crippen LogP contribution in [0.5, 0.6) is 0 Å². The predicted molar refractivity (Wildman–Crippen MR) is 92.5 cm³/mol. The summed E-state index contributed by atoms with van der Waals surface area (Å²) in [5, 5.41) is 3.56. The third kappa shape index (κ3) is 3.61. The lowest BCUT2D eigenvalue weighted by Gasteiger charge is -2.52. The van der Waals surface area contributed by atoms with E-state index in [4.69, 9.17) is 4.74 Å². The highest BCUT2D eigenvalue weighted by atomic mass is 16.6. The molecule has 4 fully saturated rings. The summed E-state index contributed by atoms with van der Waals surface area (Å²) in [5.74, 6) is 0.216. The number of esters is 1. The van der Waals surface area contributed by atoms with Crippen LogP contribution in [0.4, 0.5) is 0 Å². The van der Waals surface area contributed by atoms with E-state index in [9.17, 15) is 9.59 Å². The Balaban J connectivity index is 1.53. The summed E-state index contributed by atoms with van der Waals surface area (Å²) < 4.78 is 5.67. The monoisotopic (exact) mass is 336 g/mol. The third-order valence-corrected chi connectivity index (χ3v) is 6.15. The Morgan fingerprint density at radius 2 is 1.54 bits per heavy atom. The predicted octanol–water partition coefficient (Wildman–Crippen LogP) is 2.63. The SMILES string of the molecule is CC(C)(C)OC(=O)C12CCC(NCC(=O)N3CCCC3)(CC1)CC2. The Labute approximate surface area is 145 Å². The number of likely N-dealkylation sites (tertiary alicyclic amines) is 1. The molecule has 0 aromatic rings. The highest BCUT2D eigenvalue weighted by molar-refractivity contribution is 5.79. The van der Waals surface area contributed by atoms with E-state index in [1.807, 2.05) is 25.7 Å². The lowest BCUT2D eigenvalue weighted by molar-refractivity contribution is -0.175. The Morgan fingerprint density at radius 1 is 1.00 bits per heavy atom. The highest BCUT2D eigenvalue weighted by Crippen LogP contribution is 2.53. The second kappa shape index (κ2) is 6.32. The minimum Gasteiger partial charge on any atom is -0.460 e. The number of carbonyl (C=O) groups excluding carboxylic acids is 2. The second-order valence-corrected chi connectivity index (χ2v) is 9.00. The van der Waals surface area contributed by atoms with Crippen LogP contribution in [0.2, 0.25) is 0 Å². The van der Waals surface area contributed by atoms with Crippen molar-refractivity contribution in [1.29, 1.82) is 0 Å². The fourth-order valence-electron chi connectivity index (χ4n) is 4.48. The van der Waals surface area contributed by atoms with Crippen molar-refractivity contribution >= 4 is 11.9 Å². The van der Waals surface area contributed by atoms with Crippen LogP contribution in [0.25, 0.3) is 0 Å². The van der Waals surface area contributed by atoms with Gasteiger partial charge in [0.2, 0.25) is 5.91 Å². The van der Waals surface area contributed by atoms with Gasteiger partial charge in [-0.3, -0.25) is 9.59 Å². The lowest BCUT2D eigenvalue weighted by atomic mass is 9.57. The van der Waals surface area contributed by atoms with Gasteiger partial charge in [0.25, 0.3) is 0 Å². The number of fused-ring (bicyclic) bond motifs is 3. The first kappa shape index (κ1) is 17.7. The van der Waals surface area contributed by atoms with Crippen LogP contribution < -0.4 is 5.32 Å². The molecule has 3 saturated carbocycles. The van der Waals surface area contributed by atoms with E-state index >= 15 is 0 Å². The van der Waals surface area contributed by atoms with Crippen molar-refractivity contribution in [3.8, 4) is 0 Å². The third-order valence-electron chi connectivity index (χ3n) is 6.15. The average molecular weight is 336 g/mol. The number of hydrogen-bond donors (Lipinski definition) is 1. The van der Waals surface area contributed by atoms with Gasteiger partial charge >= 0.3 is 5.97 Å². The van der Waals surface area contributed by atoms with Crippen molar-refractivity contribution < 1.29 is 14.3 Å². The molecular weight excluding hydrogens is 304 g/mol. The van der Waals surface area contributed by atoms with Crippen LogP contribution in [-0.2, 0) is 14.3 Å². The molecule has 1 aliphatic heterocycles. The van der Waals surface area contributed by atoms with Crippen LogP contribution in [0.1, 0.15) is 72.1 Å². The number of hydrogen-bond acceptors (Lipinski definition) is 4. The summed E-state index contributed by atoms with van der Waals surface area (Å²) in [5.41, 5.74) is -0.646. The minimum absolute atomic E-state index is 0.0172. The molecule has 24 heavy (non-hydrogen) atoms. The van der Waals surface area contributed by atoms with Gasteiger partial charge in [-0.1, -0.05) is 0 Å². The summed E-state index contributed by atoms with van der Waals surface area (Å²) >= 11 is 0. The standard InChI is InChI=1S/C19H32N2O3/c1-17(2,3)24-16(23)18-6-9-19(10-7-18,11-8-18)20-14-15(22)21-12-4-5-13-21/h20H,4-14H2,1-3H3. The second-order valence-electron chi connectivity index (χ2n) is 9.00. The van der Waals surface area contributed by atoms with Crippen molar-refractivity contribution in [3.63, 3.8) is 0 Å². The summed E-state index contributed by atoms with van der Waals surface area (Å²) in [6.45, 7) is 8.07. The van der Waals surface area contributed by atoms with Crippen LogP contribution in [0.15, 0.2) is 0 Å². The van der Waals surface area contributed by atoms with Gasteiger partial charge in [-0.15, -0.1) is 0 Å². The minimum atomic E-state index is -0.418. The number of rotatable bonds is 4. The fraction of sp³-hybridized carbons (Fsp3) is 0.895. The number of amides is 1. The van der Waals surface area contributed by atoms with Crippen LogP contribution in [0.3, 0.4) is 0 Å². The fourth-order valence-corrected chi connectivity index (χ4v) is 4.48. The molecule has 0 aromatic carbocycles. The van der Waals surface area contributed by atoms with E-state index in [-0.39, 0.29) is 22.8 Å². The summed E-state index contributed by atoms with van der Waals surface area (Å²) in [7, 11) is 0. The molecule has 1 amide bonds. The van der Waals surface area contributed by atoms with Gasteiger partial charge < -0.3 is 15.0 Å². The first-order chi connectivity index (χ1) is 11.2. The van der Waals surface area contributed by atoms with E-state index in [1.165, 1.54) is 0 Å². The quantitative estimate of drug-likeness (QED) is 0.802. The van der Waals surface area contributed by atoms with E-state index < -0.39 is 5.60 Å². The molecule has 4 rings (SSSR count). The normalized spacial score (nSPS) is 32.9. The van der Waals surface area contributed by atoms with Gasteiger partial charge in [-0.2, -0.15) is 0 Å². The highest BCUT2D eigenvalue weighted by Gasteiger charge is 2.53. The van der Waals surface area contributed by atoms with Crippen molar-refractivity contribution in [2.45, 2.75) is 83.3 Å². The molecule has 3 aliphatic carbocycles. The molecule has 1 saturated heterocycles. The molecule has 0 radical (unpaired) electrons. The molecule has 1 heterocycles.